The minimum atomic E-state index is -0.915. The monoisotopic (exact) mass is 297 g/mol. The molecule has 0 N–H and O–H groups in total. The Morgan fingerprint density at radius 1 is 1.33 bits per heavy atom. The minimum absolute atomic E-state index is 0.160. The van der Waals surface area contributed by atoms with Gasteiger partial charge in [-0.25, -0.2) is 13.8 Å². The van der Waals surface area contributed by atoms with Gasteiger partial charge in [0.1, 0.15) is 0 Å². The van der Waals surface area contributed by atoms with Gasteiger partial charge in [0, 0.05) is 13.0 Å². The zero-order valence-corrected chi connectivity index (χ0v) is 11.8. The maximum Gasteiger partial charge on any atom is 0.255 e. The van der Waals surface area contributed by atoms with Gasteiger partial charge in [0.05, 0.1) is 24.7 Å². The lowest BCUT2D eigenvalue weighted by molar-refractivity contribution is -0.187. The molecule has 21 heavy (non-hydrogen) atoms. The zero-order valence-electron chi connectivity index (χ0n) is 11.8. The van der Waals surface area contributed by atoms with Crippen LogP contribution in [0.4, 0.5) is 8.78 Å². The van der Waals surface area contributed by atoms with Crippen molar-refractivity contribution in [3.63, 3.8) is 0 Å². The van der Waals surface area contributed by atoms with Gasteiger partial charge in [-0.3, -0.25) is 9.63 Å². The fourth-order valence-corrected chi connectivity index (χ4v) is 2.79. The highest BCUT2D eigenvalue weighted by molar-refractivity contribution is 5.82. The predicted octanol–water partition coefficient (Wildman–Crippen LogP) is 2.60. The second-order valence-electron chi connectivity index (χ2n) is 5.81. The number of amides is 1. The van der Waals surface area contributed by atoms with Crippen LogP contribution in [0.25, 0.3) is 0 Å². The Morgan fingerprint density at radius 3 is 2.81 bits per heavy atom. The van der Waals surface area contributed by atoms with E-state index in [2.05, 4.69) is 0 Å². The summed E-state index contributed by atoms with van der Waals surface area (Å²) in [5, 5.41) is 1.31. The highest BCUT2D eigenvalue weighted by Crippen LogP contribution is 2.38. The van der Waals surface area contributed by atoms with E-state index in [0.29, 0.717) is 38.2 Å². The van der Waals surface area contributed by atoms with Crippen molar-refractivity contribution in [3.8, 4) is 0 Å². The van der Waals surface area contributed by atoms with Gasteiger partial charge in [-0.05, 0) is 31.0 Å². The molecule has 0 spiro atoms. The lowest BCUT2D eigenvalue weighted by Gasteiger charge is -2.30. The topological polar surface area (TPSA) is 38.8 Å². The molecule has 1 amide bonds. The predicted molar refractivity (Wildman–Crippen MR) is 70.1 cm³/mol. The first kappa shape index (κ1) is 14.4. The smallest absolute Gasteiger partial charge is 0.255 e. The van der Waals surface area contributed by atoms with Gasteiger partial charge in [-0.1, -0.05) is 6.07 Å². The fraction of sp³-hybridized carbons (Fsp3) is 0.533. The maximum absolute atomic E-state index is 13.4. The SMILES string of the molecule is C[C@]1(C(=O)N2OCC[C@H]2c2ccc(F)c(F)c2)CCOC1. The van der Waals surface area contributed by atoms with Gasteiger partial charge in [0.15, 0.2) is 11.6 Å². The number of benzene rings is 1. The quantitative estimate of drug-likeness (QED) is 0.842. The number of rotatable bonds is 2. The Labute approximate surface area is 121 Å². The highest BCUT2D eigenvalue weighted by Gasteiger charge is 2.45. The number of hydrogen-bond acceptors (Lipinski definition) is 3. The number of nitrogens with zero attached hydrogens (tertiary/aromatic N) is 1. The van der Waals surface area contributed by atoms with Gasteiger partial charge in [0.2, 0.25) is 0 Å². The zero-order chi connectivity index (χ0) is 15.0. The Hall–Kier alpha value is -1.53. The third-order valence-corrected chi connectivity index (χ3v) is 4.17. The average molecular weight is 297 g/mol. The van der Waals surface area contributed by atoms with Gasteiger partial charge in [-0.2, -0.15) is 0 Å². The van der Waals surface area contributed by atoms with Crippen LogP contribution in [-0.2, 0) is 14.4 Å². The third kappa shape index (κ3) is 2.53. The summed E-state index contributed by atoms with van der Waals surface area (Å²) < 4.78 is 31.7. The summed E-state index contributed by atoms with van der Waals surface area (Å²) in [5.41, 5.74) is -0.0662. The van der Waals surface area contributed by atoms with Crippen molar-refractivity contribution in [1.29, 1.82) is 0 Å². The van der Waals surface area contributed by atoms with Crippen LogP contribution in [0.1, 0.15) is 31.4 Å². The molecule has 0 aromatic heterocycles. The lowest BCUT2D eigenvalue weighted by atomic mass is 9.88. The number of hydrogen-bond donors (Lipinski definition) is 0. The summed E-state index contributed by atoms with van der Waals surface area (Å²) in [7, 11) is 0. The second kappa shape index (κ2) is 5.35. The highest BCUT2D eigenvalue weighted by atomic mass is 19.2. The molecule has 2 fully saturated rings. The van der Waals surface area contributed by atoms with Crippen LogP contribution in [0, 0.1) is 17.0 Å². The van der Waals surface area contributed by atoms with Crippen molar-refractivity contribution < 1.29 is 23.1 Å². The maximum atomic E-state index is 13.4. The lowest BCUT2D eigenvalue weighted by Crippen LogP contribution is -2.41. The van der Waals surface area contributed by atoms with Crippen molar-refractivity contribution >= 4 is 5.91 Å². The number of hydroxylamine groups is 2. The van der Waals surface area contributed by atoms with Crippen LogP contribution < -0.4 is 0 Å². The number of ether oxygens (including phenoxy) is 1. The molecule has 0 unspecified atom stereocenters. The van der Waals surface area contributed by atoms with Crippen molar-refractivity contribution in [2.45, 2.75) is 25.8 Å². The molecule has 2 heterocycles. The molecule has 0 radical (unpaired) electrons. The molecule has 0 aliphatic carbocycles. The van der Waals surface area contributed by atoms with E-state index in [-0.39, 0.29) is 11.9 Å². The van der Waals surface area contributed by atoms with Crippen LogP contribution in [0.2, 0.25) is 0 Å². The largest absolute Gasteiger partial charge is 0.380 e. The summed E-state index contributed by atoms with van der Waals surface area (Å²) in [6, 6.07) is 3.31. The summed E-state index contributed by atoms with van der Waals surface area (Å²) in [6.45, 7) is 3.13. The molecule has 2 aliphatic rings. The van der Waals surface area contributed by atoms with E-state index in [1.165, 1.54) is 11.1 Å². The molecule has 114 valence electrons. The first-order valence-corrected chi connectivity index (χ1v) is 7.00. The normalized spacial score (nSPS) is 29.1. The van der Waals surface area contributed by atoms with Crippen molar-refractivity contribution in [3.05, 3.63) is 35.4 Å². The van der Waals surface area contributed by atoms with E-state index in [4.69, 9.17) is 9.57 Å². The van der Waals surface area contributed by atoms with Crippen LogP contribution in [0.3, 0.4) is 0 Å². The summed E-state index contributed by atoms with van der Waals surface area (Å²) in [6.07, 6.45) is 1.20. The van der Waals surface area contributed by atoms with Crippen LogP contribution >= 0.6 is 0 Å². The molecular formula is C15H17F2NO3. The molecule has 0 saturated carbocycles. The first-order chi connectivity index (χ1) is 10.0. The van der Waals surface area contributed by atoms with Gasteiger partial charge < -0.3 is 4.74 Å². The van der Waals surface area contributed by atoms with Crippen LogP contribution in [0.15, 0.2) is 18.2 Å². The van der Waals surface area contributed by atoms with Crippen molar-refractivity contribution in [2.24, 2.45) is 5.41 Å². The van der Waals surface area contributed by atoms with Gasteiger partial charge >= 0.3 is 0 Å². The Morgan fingerprint density at radius 2 is 2.14 bits per heavy atom. The fourth-order valence-electron chi connectivity index (χ4n) is 2.79. The molecule has 2 aliphatic heterocycles. The molecule has 1 aromatic carbocycles. The van der Waals surface area contributed by atoms with E-state index >= 15 is 0 Å². The molecular weight excluding hydrogens is 280 g/mol. The Bertz CT molecular complexity index is 558. The van der Waals surface area contributed by atoms with Gasteiger partial charge in [-0.15, -0.1) is 0 Å². The molecule has 0 bridgehead atoms. The van der Waals surface area contributed by atoms with E-state index in [1.807, 2.05) is 6.92 Å². The summed E-state index contributed by atoms with van der Waals surface area (Å²) in [5.74, 6) is -1.97. The average Bonchev–Trinajstić information content (AvgIpc) is 3.10. The first-order valence-electron chi connectivity index (χ1n) is 7.00. The molecule has 2 saturated heterocycles. The minimum Gasteiger partial charge on any atom is -0.380 e. The van der Waals surface area contributed by atoms with Gasteiger partial charge in [0.25, 0.3) is 5.91 Å². The van der Waals surface area contributed by atoms with E-state index in [0.717, 1.165) is 12.1 Å². The summed E-state index contributed by atoms with van der Waals surface area (Å²) in [4.78, 5) is 18.1. The van der Waals surface area contributed by atoms with Crippen LogP contribution in [-0.4, -0.2) is 30.8 Å². The second-order valence-corrected chi connectivity index (χ2v) is 5.81. The van der Waals surface area contributed by atoms with E-state index in [1.54, 1.807) is 0 Å². The number of halogens is 2. The molecule has 4 nitrogen and oxygen atoms in total. The van der Waals surface area contributed by atoms with E-state index in [9.17, 15) is 13.6 Å². The summed E-state index contributed by atoms with van der Waals surface area (Å²) >= 11 is 0. The van der Waals surface area contributed by atoms with Crippen molar-refractivity contribution in [2.75, 3.05) is 19.8 Å². The van der Waals surface area contributed by atoms with E-state index < -0.39 is 17.0 Å². The van der Waals surface area contributed by atoms with Crippen LogP contribution in [0.5, 0.6) is 0 Å². The molecule has 3 rings (SSSR count). The molecule has 2 atom stereocenters. The molecule has 1 aromatic rings. The standard InChI is InChI=1S/C15H17F2NO3/c1-15(5-7-20-9-15)14(19)18-13(4-6-21-18)10-2-3-11(16)12(17)8-10/h2-3,8,13H,4-7,9H2,1H3/t13-,15-/m0/s1. The Balaban J connectivity index is 1.85. The third-order valence-electron chi connectivity index (χ3n) is 4.17. The van der Waals surface area contributed by atoms with Crippen molar-refractivity contribution in [1.82, 2.24) is 5.06 Å². The number of carbonyl (C=O) groups is 1. The Kier molecular flexibility index (Phi) is 3.67. The number of carbonyl (C=O) groups excluding carboxylic acids is 1. The molecule has 6 heteroatoms.